The summed E-state index contributed by atoms with van der Waals surface area (Å²) in [5.74, 6) is -0.586. The molecule has 0 atom stereocenters. The third-order valence-electron chi connectivity index (χ3n) is 2.80. The smallest absolute Gasteiger partial charge is 0.406 e. The van der Waals surface area contributed by atoms with Crippen LogP contribution in [0.15, 0.2) is 48.8 Å². The molecule has 2 aromatic rings. The van der Waals surface area contributed by atoms with Gasteiger partial charge in [0.2, 0.25) is 0 Å². The third-order valence-corrected chi connectivity index (χ3v) is 2.80. The standard InChI is InChI=1S/C15H14F3N3O2/c16-15(17,18)23-13-5-3-12(4-6-13)21-14(22)10-20-9-11-2-1-7-19-8-11/h1-8,20H,9-10H2,(H,21,22)/p+1. The highest BCUT2D eigenvalue weighted by atomic mass is 19.4. The number of nitrogens with one attached hydrogen (secondary N) is 1. The van der Waals surface area contributed by atoms with Crippen LogP contribution < -0.4 is 15.4 Å². The van der Waals surface area contributed by atoms with Crippen molar-refractivity contribution in [2.75, 3.05) is 11.9 Å². The number of rotatable bonds is 6. The summed E-state index contributed by atoms with van der Waals surface area (Å²) in [4.78, 5) is 15.7. The number of hydrogen-bond acceptors (Lipinski definition) is 3. The van der Waals surface area contributed by atoms with Crippen molar-refractivity contribution in [2.45, 2.75) is 12.9 Å². The van der Waals surface area contributed by atoms with Crippen molar-refractivity contribution in [2.24, 2.45) is 0 Å². The van der Waals surface area contributed by atoms with E-state index in [1.807, 2.05) is 12.1 Å². The summed E-state index contributed by atoms with van der Waals surface area (Å²) < 4.78 is 39.8. The average Bonchev–Trinajstić information content (AvgIpc) is 2.49. The number of carbonyl (C=O) groups is 1. The topological polar surface area (TPSA) is 67.8 Å². The number of halogens is 3. The van der Waals surface area contributed by atoms with Crippen molar-refractivity contribution in [3.8, 4) is 5.75 Å². The summed E-state index contributed by atoms with van der Waals surface area (Å²) in [6.07, 6.45) is -1.35. The summed E-state index contributed by atoms with van der Waals surface area (Å²) in [6.45, 7) is 0.801. The molecular formula is C15H15F3N3O2+. The Morgan fingerprint density at radius 2 is 1.96 bits per heavy atom. The van der Waals surface area contributed by atoms with Crippen molar-refractivity contribution in [3.63, 3.8) is 0 Å². The zero-order valence-electron chi connectivity index (χ0n) is 12.0. The molecule has 0 spiro atoms. The van der Waals surface area contributed by atoms with E-state index >= 15 is 0 Å². The Morgan fingerprint density at radius 3 is 2.57 bits per heavy atom. The van der Waals surface area contributed by atoms with Gasteiger partial charge in [0.15, 0.2) is 6.54 Å². The molecule has 122 valence electrons. The molecule has 0 bridgehead atoms. The lowest BCUT2D eigenvalue weighted by Crippen LogP contribution is -2.84. The number of nitrogens with two attached hydrogens (primary N) is 1. The van der Waals surface area contributed by atoms with E-state index in [1.165, 1.54) is 12.1 Å². The Balaban J connectivity index is 1.76. The van der Waals surface area contributed by atoms with Crippen LogP contribution in [-0.4, -0.2) is 23.8 Å². The lowest BCUT2D eigenvalue weighted by atomic mass is 10.3. The first-order valence-electron chi connectivity index (χ1n) is 6.78. The SMILES string of the molecule is O=C(C[NH2+]Cc1cccnc1)Nc1ccc(OC(F)(F)F)cc1. The first kappa shape index (κ1) is 16.8. The van der Waals surface area contributed by atoms with E-state index in [0.717, 1.165) is 17.7 Å². The van der Waals surface area contributed by atoms with Gasteiger partial charge in [-0.2, -0.15) is 0 Å². The van der Waals surface area contributed by atoms with E-state index in [9.17, 15) is 18.0 Å². The molecule has 23 heavy (non-hydrogen) atoms. The zero-order valence-corrected chi connectivity index (χ0v) is 12.0. The number of quaternary nitrogens is 1. The number of hydrogen-bond donors (Lipinski definition) is 2. The van der Waals surface area contributed by atoms with Crippen LogP contribution in [0.2, 0.25) is 0 Å². The van der Waals surface area contributed by atoms with Gasteiger partial charge in [0.25, 0.3) is 5.91 Å². The molecule has 8 heteroatoms. The maximum atomic E-state index is 12.0. The fraction of sp³-hybridized carbons (Fsp3) is 0.200. The molecule has 0 aliphatic rings. The molecule has 3 N–H and O–H groups in total. The monoisotopic (exact) mass is 326 g/mol. The Bertz CT molecular complexity index is 631. The zero-order chi connectivity index (χ0) is 16.7. The summed E-state index contributed by atoms with van der Waals surface area (Å²) in [5, 5.41) is 4.39. The highest BCUT2D eigenvalue weighted by Gasteiger charge is 2.30. The molecule has 1 aromatic heterocycles. The quantitative estimate of drug-likeness (QED) is 0.849. The first-order valence-corrected chi connectivity index (χ1v) is 6.78. The molecule has 1 aromatic carbocycles. The van der Waals surface area contributed by atoms with Crippen LogP contribution in [0.5, 0.6) is 5.75 Å². The fourth-order valence-electron chi connectivity index (χ4n) is 1.84. The molecule has 2 rings (SSSR count). The van der Waals surface area contributed by atoms with Gasteiger partial charge in [-0.15, -0.1) is 13.2 Å². The lowest BCUT2D eigenvalue weighted by Gasteiger charge is -2.09. The third kappa shape index (κ3) is 6.35. The van der Waals surface area contributed by atoms with Crippen molar-refractivity contribution in [1.29, 1.82) is 0 Å². The van der Waals surface area contributed by atoms with E-state index in [0.29, 0.717) is 12.2 Å². The molecule has 0 fully saturated rings. The van der Waals surface area contributed by atoms with Gasteiger partial charge in [-0.05, 0) is 30.3 Å². The highest BCUT2D eigenvalue weighted by Crippen LogP contribution is 2.23. The molecular weight excluding hydrogens is 311 g/mol. The minimum Gasteiger partial charge on any atom is -0.406 e. The number of anilines is 1. The second kappa shape index (κ2) is 7.59. The number of aromatic nitrogens is 1. The van der Waals surface area contributed by atoms with E-state index < -0.39 is 6.36 Å². The van der Waals surface area contributed by atoms with Gasteiger partial charge in [0.1, 0.15) is 12.3 Å². The number of carbonyl (C=O) groups excluding carboxylic acids is 1. The van der Waals surface area contributed by atoms with Crippen LogP contribution in [0.1, 0.15) is 5.56 Å². The number of pyridine rings is 1. The maximum absolute atomic E-state index is 12.0. The Kier molecular flexibility index (Phi) is 5.53. The van der Waals surface area contributed by atoms with Crippen LogP contribution in [0.3, 0.4) is 0 Å². The van der Waals surface area contributed by atoms with E-state index in [4.69, 9.17) is 0 Å². The Morgan fingerprint density at radius 1 is 1.22 bits per heavy atom. The van der Waals surface area contributed by atoms with Gasteiger partial charge >= 0.3 is 6.36 Å². The van der Waals surface area contributed by atoms with Gasteiger partial charge in [-0.1, -0.05) is 6.07 Å². The van der Waals surface area contributed by atoms with Crippen LogP contribution in [-0.2, 0) is 11.3 Å². The van der Waals surface area contributed by atoms with Gasteiger partial charge < -0.3 is 15.4 Å². The molecule has 0 saturated heterocycles. The molecule has 0 aliphatic heterocycles. The summed E-state index contributed by atoms with van der Waals surface area (Å²) >= 11 is 0. The van der Waals surface area contributed by atoms with Crippen LogP contribution in [0.4, 0.5) is 18.9 Å². The van der Waals surface area contributed by atoms with Crippen molar-refractivity contribution in [3.05, 3.63) is 54.4 Å². The minimum atomic E-state index is -4.73. The van der Waals surface area contributed by atoms with Crippen LogP contribution in [0.25, 0.3) is 0 Å². The fourth-order valence-corrected chi connectivity index (χ4v) is 1.84. The van der Waals surface area contributed by atoms with Gasteiger partial charge in [-0.3, -0.25) is 9.78 Å². The van der Waals surface area contributed by atoms with E-state index in [2.05, 4.69) is 15.0 Å². The molecule has 0 aliphatic carbocycles. The van der Waals surface area contributed by atoms with E-state index in [-0.39, 0.29) is 18.2 Å². The number of alkyl halides is 3. The second-order valence-electron chi connectivity index (χ2n) is 4.68. The van der Waals surface area contributed by atoms with Gasteiger partial charge in [0.05, 0.1) is 0 Å². The Hall–Kier alpha value is -2.61. The Labute approximate surface area is 130 Å². The lowest BCUT2D eigenvalue weighted by molar-refractivity contribution is -0.659. The average molecular weight is 326 g/mol. The number of benzene rings is 1. The van der Waals surface area contributed by atoms with Gasteiger partial charge in [-0.25, -0.2) is 0 Å². The van der Waals surface area contributed by atoms with Crippen molar-refractivity contribution in [1.82, 2.24) is 4.98 Å². The van der Waals surface area contributed by atoms with E-state index in [1.54, 1.807) is 17.7 Å². The molecule has 1 heterocycles. The maximum Gasteiger partial charge on any atom is 0.573 e. The van der Waals surface area contributed by atoms with Gasteiger partial charge in [0, 0.05) is 23.6 Å². The predicted octanol–water partition coefficient (Wildman–Crippen LogP) is 1.68. The first-order chi connectivity index (χ1) is 10.9. The highest BCUT2D eigenvalue weighted by molar-refractivity contribution is 5.91. The second-order valence-corrected chi connectivity index (χ2v) is 4.68. The van der Waals surface area contributed by atoms with Crippen molar-refractivity contribution >= 4 is 11.6 Å². The number of amides is 1. The molecule has 0 saturated carbocycles. The van der Waals surface area contributed by atoms with Crippen molar-refractivity contribution < 1.29 is 28.0 Å². The van der Waals surface area contributed by atoms with Crippen LogP contribution in [0, 0.1) is 0 Å². The molecule has 0 radical (unpaired) electrons. The molecule has 0 unspecified atom stereocenters. The summed E-state index contributed by atoms with van der Waals surface area (Å²) in [6, 6.07) is 8.69. The molecule has 1 amide bonds. The predicted molar refractivity (Wildman–Crippen MR) is 76.5 cm³/mol. The number of nitrogens with zero attached hydrogens (tertiary/aromatic N) is 1. The molecule has 5 nitrogen and oxygen atoms in total. The minimum absolute atomic E-state index is 0.190. The normalized spacial score (nSPS) is 11.1. The largest absolute Gasteiger partial charge is 0.573 e. The van der Waals surface area contributed by atoms with Crippen LogP contribution >= 0.6 is 0 Å². The summed E-state index contributed by atoms with van der Waals surface area (Å²) in [5.41, 5.74) is 1.40. The number of ether oxygens (including phenoxy) is 1. The summed E-state index contributed by atoms with van der Waals surface area (Å²) in [7, 11) is 0.